The molecule has 1 aromatic carbocycles. The average molecular weight is 286 g/mol. The molecular weight excluding hydrogens is 256 g/mol. The molecular formula is C19H30N2. The number of hydrogen-bond acceptors (Lipinski definition) is 2. The van der Waals surface area contributed by atoms with Crippen molar-refractivity contribution in [2.75, 3.05) is 19.6 Å². The van der Waals surface area contributed by atoms with Gasteiger partial charge < -0.3 is 5.73 Å². The second-order valence-corrected chi connectivity index (χ2v) is 7.14. The molecule has 1 heterocycles. The van der Waals surface area contributed by atoms with E-state index in [1.165, 1.54) is 57.2 Å². The second kappa shape index (κ2) is 6.50. The number of nitrogens with two attached hydrogens (primary N) is 1. The molecule has 1 aromatic rings. The summed E-state index contributed by atoms with van der Waals surface area (Å²) in [5, 5.41) is 0. The lowest BCUT2D eigenvalue weighted by Crippen LogP contribution is -2.55. The topological polar surface area (TPSA) is 29.3 Å². The van der Waals surface area contributed by atoms with Gasteiger partial charge in [0.05, 0.1) is 0 Å². The van der Waals surface area contributed by atoms with E-state index in [0.29, 0.717) is 11.5 Å². The summed E-state index contributed by atoms with van der Waals surface area (Å²) in [7, 11) is 0. The Balaban J connectivity index is 1.71. The van der Waals surface area contributed by atoms with Crippen LogP contribution in [-0.4, -0.2) is 30.1 Å². The fourth-order valence-electron chi connectivity index (χ4n) is 4.60. The van der Waals surface area contributed by atoms with Crippen LogP contribution in [0.15, 0.2) is 30.3 Å². The summed E-state index contributed by atoms with van der Waals surface area (Å²) >= 11 is 0. The van der Waals surface area contributed by atoms with Crippen LogP contribution in [0.4, 0.5) is 0 Å². The van der Waals surface area contributed by atoms with E-state index in [2.05, 4.69) is 42.2 Å². The minimum atomic E-state index is 0.294. The zero-order chi connectivity index (χ0) is 14.7. The van der Waals surface area contributed by atoms with Crippen LogP contribution in [0.2, 0.25) is 0 Å². The third-order valence-corrected chi connectivity index (χ3v) is 6.01. The van der Waals surface area contributed by atoms with Gasteiger partial charge in [0, 0.05) is 18.6 Å². The lowest BCUT2D eigenvalue weighted by molar-refractivity contribution is 0.0535. The largest absolute Gasteiger partial charge is 0.329 e. The van der Waals surface area contributed by atoms with Gasteiger partial charge in [-0.25, -0.2) is 0 Å². The van der Waals surface area contributed by atoms with Crippen LogP contribution in [-0.2, 0) is 0 Å². The van der Waals surface area contributed by atoms with Gasteiger partial charge in [-0.2, -0.15) is 0 Å². The van der Waals surface area contributed by atoms with Crippen LogP contribution in [0.3, 0.4) is 0 Å². The van der Waals surface area contributed by atoms with Crippen molar-refractivity contribution in [2.45, 2.75) is 56.9 Å². The Morgan fingerprint density at radius 3 is 2.76 bits per heavy atom. The number of benzene rings is 1. The lowest BCUT2D eigenvalue weighted by Gasteiger charge is -2.47. The zero-order valence-electron chi connectivity index (χ0n) is 13.4. The van der Waals surface area contributed by atoms with E-state index in [4.69, 9.17) is 5.73 Å². The maximum Gasteiger partial charge on any atom is 0.0334 e. The Bertz CT molecular complexity index is 444. The van der Waals surface area contributed by atoms with E-state index < -0.39 is 0 Å². The summed E-state index contributed by atoms with van der Waals surface area (Å²) in [5.74, 6) is 1.59. The Morgan fingerprint density at radius 1 is 1.24 bits per heavy atom. The van der Waals surface area contributed by atoms with Gasteiger partial charge in [-0.1, -0.05) is 56.5 Å². The minimum Gasteiger partial charge on any atom is -0.329 e. The first-order chi connectivity index (χ1) is 10.3. The summed E-state index contributed by atoms with van der Waals surface area (Å²) in [5.41, 5.74) is 8.08. The molecule has 3 unspecified atom stereocenters. The number of hydrogen-bond donors (Lipinski definition) is 1. The molecule has 21 heavy (non-hydrogen) atoms. The molecule has 0 bridgehead atoms. The van der Waals surface area contributed by atoms with Crippen LogP contribution in [0.1, 0.15) is 56.9 Å². The molecule has 1 aliphatic carbocycles. The van der Waals surface area contributed by atoms with Crippen molar-refractivity contribution in [3.63, 3.8) is 0 Å². The first kappa shape index (κ1) is 15.1. The molecule has 2 nitrogen and oxygen atoms in total. The number of rotatable bonds is 4. The molecule has 3 atom stereocenters. The van der Waals surface area contributed by atoms with Gasteiger partial charge in [-0.15, -0.1) is 0 Å². The molecule has 116 valence electrons. The smallest absolute Gasteiger partial charge is 0.0334 e. The Hall–Kier alpha value is -0.860. The Morgan fingerprint density at radius 2 is 2.05 bits per heavy atom. The predicted molar refractivity (Wildman–Crippen MR) is 89.4 cm³/mol. The van der Waals surface area contributed by atoms with Crippen molar-refractivity contribution >= 4 is 0 Å². The highest BCUT2D eigenvalue weighted by molar-refractivity contribution is 5.21. The van der Waals surface area contributed by atoms with E-state index in [0.717, 1.165) is 12.5 Å². The van der Waals surface area contributed by atoms with Crippen molar-refractivity contribution in [1.82, 2.24) is 4.90 Å². The third-order valence-electron chi connectivity index (χ3n) is 6.01. The normalized spacial score (nSPS) is 34.2. The van der Waals surface area contributed by atoms with Gasteiger partial charge >= 0.3 is 0 Å². The van der Waals surface area contributed by atoms with E-state index in [1.54, 1.807) is 0 Å². The van der Waals surface area contributed by atoms with Crippen molar-refractivity contribution in [3.8, 4) is 0 Å². The molecule has 1 aliphatic heterocycles. The van der Waals surface area contributed by atoms with Crippen molar-refractivity contribution in [1.29, 1.82) is 0 Å². The molecule has 2 fully saturated rings. The third kappa shape index (κ3) is 3.02. The quantitative estimate of drug-likeness (QED) is 0.913. The monoisotopic (exact) mass is 286 g/mol. The molecule has 2 aliphatic rings. The summed E-state index contributed by atoms with van der Waals surface area (Å²) in [4.78, 5) is 2.74. The number of likely N-dealkylation sites (tertiary alicyclic amines) is 1. The molecule has 1 saturated carbocycles. The summed E-state index contributed by atoms with van der Waals surface area (Å²) in [6.45, 7) is 5.61. The molecule has 0 radical (unpaired) electrons. The Labute approximate surface area is 129 Å². The van der Waals surface area contributed by atoms with E-state index in [-0.39, 0.29) is 0 Å². The summed E-state index contributed by atoms with van der Waals surface area (Å²) in [6.07, 6.45) is 8.01. The van der Waals surface area contributed by atoms with Crippen LogP contribution in [0.5, 0.6) is 0 Å². The number of nitrogens with zero attached hydrogens (tertiary/aromatic N) is 1. The van der Waals surface area contributed by atoms with E-state index in [1.807, 2.05) is 0 Å². The fraction of sp³-hybridized carbons (Fsp3) is 0.684. The van der Waals surface area contributed by atoms with Crippen molar-refractivity contribution < 1.29 is 0 Å². The molecule has 2 heteroatoms. The van der Waals surface area contributed by atoms with Gasteiger partial charge in [0.15, 0.2) is 0 Å². The first-order valence-corrected chi connectivity index (χ1v) is 8.77. The molecule has 2 N–H and O–H groups in total. The highest BCUT2D eigenvalue weighted by atomic mass is 15.2. The highest BCUT2D eigenvalue weighted by Crippen LogP contribution is 2.41. The van der Waals surface area contributed by atoms with E-state index in [9.17, 15) is 0 Å². The predicted octanol–water partition coefficient (Wildman–Crippen LogP) is 3.77. The van der Waals surface area contributed by atoms with Crippen molar-refractivity contribution in [2.24, 2.45) is 11.7 Å². The van der Waals surface area contributed by atoms with Gasteiger partial charge in [-0.3, -0.25) is 4.90 Å². The van der Waals surface area contributed by atoms with Crippen LogP contribution in [0.25, 0.3) is 0 Å². The minimum absolute atomic E-state index is 0.294. The molecule has 0 amide bonds. The average Bonchev–Trinajstić information content (AvgIpc) is 3.06. The van der Waals surface area contributed by atoms with Crippen LogP contribution >= 0.6 is 0 Å². The lowest BCUT2D eigenvalue weighted by atomic mass is 9.73. The van der Waals surface area contributed by atoms with Gasteiger partial charge in [0.25, 0.3) is 0 Å². The fourth-order valence-corrected chi connectivity index (χ4v) is 4.60. The van der Waals surface area contributed by atoms with Gasteiger partial charge in [0.1, 0.15) is 0 Å². The van der Waals surface area contributed by atoms with Gasteiger partial charge in [-0.05, 0) is 43.2 Å². The molecule has 0 spiro atoms. The van der Waals surface area contributed by atoms with Gasteiger partial charge in [0.2, 0.25) is 0 Å². The summed E-state index contributed by atoms with van der Waals surface area (Å²) in [6, 6.07) is 11.0. The zero-order valence-corrected chi connectivity index (χ0v) is 13.4. The highest BCUT2D eigenvalue weighted by Gasteiger charge is 2.42. The standard InChI is InChI=1S/C19H30N2/c1-2-16-7-6-11-19(13-16,15-20)21-12-10-18(14-21)17-8-4-3-5-9-17/h3-5,8-9,16,18H,2,6-7,10-15,20H2,1H3. The molecule has 1 saturated heterocycles. The Kier molecular flexibility index (Phi) is 4.66. The SMILES string of the molecule is CCC1CCCC(CN)(N2CCC(c3ccccc3)C2)C1. The summed E-state index contributed by atoms with van der Waals surface area (Å²) < 4.78 is 0. The second-order valence-electron chi connectivity index (χ2n) is 7.14. The van der Waals surface area contributed by atoms with E-state index >= 15 is 0 Å². The maximum atomic E-state index is 6.28. The van der Waals surface area contributed by atoms with Crippen molar-refractivity contribution in [3.05, 3.63) is 35.9 Å². The van der Waals surface area contributed by atoms with Crippen LogP contribution < -0.4 is 5.73 Å². The molecule has 3 rings (SSSR count). The molecule has 0 aromatic heterocycles. The first-order valence-electron chi connectivity index (χ1n) is 8.77. The maximum absolute atomic E-state index is 6.28. The van der Waals surface area contributed by atoms with Crippen LogP contribution in [0, 0.1) is 5.92 Å².